The number of hydrogen-bond acceptors (Lipinski definition) is 5. The Morgan fingerprint density at radius 1 is 1.20 bits per heavy atom. The van der Waals surface area contributed by atoms with Crippen molar-refractivity contribution < 1.29 is 19.4 Å². The van der Waals surface area contributed by atoms with Crippen LogP contribution in [-0.4, -0.2) is 78.4 Å². The molecule has 1 heterocycles. The lowest BCUT2D eigenvalue weighted by Gasteiger charge is -2.34. The van der Waals surface area contributed by atoms with Crippen molar-refractivity contribution in [1.82, 2.24) is 15.1 Å². The highest BCUT2D eigenvalue weighted by atomic mass is 16.6. The van der Waals surface area contributed by atoms with Gasteiger partial charge in [0.25, 0.3) is 0 Å². The molecule has 1 rings (SSSR count). The molecule has 2 amide bonds. The van der Waals surface area contributed by atoms with Crippen LogP contribution in [0.2, 0.25) is 0 Å². The zero-order valence-corrected chi connectivity index (χ0v) is 12.5. The first kappa shape index (κ1) is 16.7. The second-order valence-electron chi connectivity index (χ2n) is 5.80. The van der Waals surface area contributed by atoms with Crippen LogP contribution >= 0.6 is 0 Å². The van der Waals surface area contributed by atoms with E-state index in [0.717, 1.165) is 13.1 Å². The standard InChI is InChI=1S/C13H25N3O4/c1-13(2,3)20-12(19)14-10-11(18)16-6-4-15(5-7-16)8-9-17/h17H,4-10H2,1-3H3,(H,14,19). The Bertz CT molecular complexity index is 333. The molecule has 0 aromatic carbocycles. The smallest absolute Gasteiger partial charge is 0.408 e. The van der Waals surface area contributed by atoms with Crippen LogP contribution in [0.25, 0.3) is 0 Å². The highest BCUT2D eigenvalue weighted by molar-refractivity contribution is 5.82. The molecule has 1 saturated heterocycles. The molecule has 7 nitrogen and oxygen atoms in total. The van der Waals surface area contributed by atoms with E-state index in [2.05, 4.69) is 10.2 Å². The van der Waals surface area contributed by atoms with Crippen LogP contribution in [0.4, 0.5) is 4.79 Å². The van der Waals surface area contributed by atoms with Gasteiger partial charge in [0.05, 0.1) is 6.61 Å². The minimum atomic E-state index is -0.579. The van der Waals surface area contributed by atoms with Crippen molar-refractivity contribution in [3.63, 3.8) is 0 Å². The summed E-state index contributed by atoms with van der Waals surface area (Å²) in [7, 11) is 0. The van der Waals surface area contributed by atoms with Gasteiger partial charge in [-0.05, 0) is 20.8 Å². The summed E-state index contributed by atoms with van der Waals surface area (Å²) in [6.45, 7) is 8.78. The van der Waals surface area contributed by atoms with Gasteiger partial charge in [-0.1, -0.05) is 0 Å². The van der Waals surface area contributed by atoms with Gasteiger partial charge in [-0.15, -0.1) is 0 Å². The monoisotopic (exact) mass is 287 g/mol. The number of carbonyl (C=O) groups excluding carboxylic acids is 2. The maximum atomic E-state index is 11.9. The highest BCUT2D eigenvalue weighted by Gasteiger charge is 2.22. The van der Waals surface area contributed by atoms with E-state index in [1.165, 1.54) is 0 Å². The van der Waals surface area contributed by atoms with E-state index < -0.39 is 11.7 Å². The normalized spacial score (nSPS) is 16.9. The molecule has 7 heteroatoms. The number of rotatable bonds is 4. The Morgan fingerprint density at radius 3 is 2.30 bits per heavy atom. The van der Waals surface area contributed by atoms with Crippen molar-refractivity contribution in [3.8, 4) is 0 Å². The lowest BCUT2D eigenvalue weighted by molar-refractivity contribution is -0.132. The summed E-state index contributed by atoms with van der Waals surface area (Å²) in [5.74, 6) is -0.112. The van der Waals surface area contributed by atoms with E-state index in [1.54, 1.807) is 25.7 Å². The number of nitrogens with one attached hydrogen (secondary N) is 1. The number of alkyl carbamates (subject to hydrolysis) is 1. The first-order valence-electron chi connectivity index (χ1n) is 6.89. The summed E-state index contributed by atoms with van der Waals surface area (Å²) in [5.41, 5.74) is -0.566. The average molecular weight is 287 g/mol. The van der Waals surface area contributed by atoms with Crippen LogP contribution in [0.1, 0.15) is 20.8 Å². The number of β-amino-alcohol motifs (C(OH)–C–C–N with tert-alkyl or cyclic N) is 1. The van der Waals surface area contributed by atoms with Gasteiger partial charge in [0.1, 0.15) is 12.1 Å². The third kappa shape index (κ3) is 6.21. The number of ether oxygens (including phenoxy) is 1. The van der Waals surface area contributed by atoms with Gasteiger partial charge in [0, 0.05) is 32.7 Å². The second kappa shape index (κ2) is 7.44. The van der Waals surface area contributed by atoms with Gasteiger partial charge in [-0.25, -0.2) is 4.79 Å². The predicted octanol–water partition coefficient (Wildman–Crippen LogP) is -0.352. The third-order valence-corrected chi connectivity index (χ3v) is 2.92. The molecule has 0 unspecified atom stereocenters. The molecule has 0 bridgehead atoms. The Kier molecular flexibility index (Phi) is 6.22. The molecule has 0 aromatic heterocycles. The minimum Gasteiger partial charge on any atom is -0.444 e. The SMILES string of the molecule is CC(C)(C)OC(=O)NCC(=O)N1CCN(CCO)CC1. The summed E-state index contributed by atoms with van der Waals surface area (Å²) in [5, 5.41) is 11.3. The van der Waals surface area contributed by atoms with Crippen molar-refractivity contribution in [2.45, 2.75) is 26.4 Å². The molecule has 0 radical (unpaired) electrons. The van der Waals surface area contributed by atoms with Crippen molar-refractivity contribution in [3.05, 3.63) is 0 Å². The molecular formula is C13H25N3O4. The second-order valence-corrected chi connectivity index (χ2v) is 5.80. The Labute approximate surface area is 119 Å². The Morgan fingerprint density at radius 2 is 1.80 bits per heavy atom. The van der Waals surface area contributed by atoms with Crippen LogP contribution in [0.3, 0.4) is 0 Å². The van der Waals surface area contributed by atoms with E-state index in [4.69, 9.17) is 9.84 Å². The summed E-state index contributed by atoms with van der Waals surface area (Å²) in [6.07, 6.45) is -0.579. The molecule has 0 atom stereocenters. The van der Waals surface area contributed by atoms with Gasteiger partial charge < -0.3 is 20.1 Å². The van der Waals surface area contributed by atoms with Gasteiger partial charge in [-0.2, -0.15) is 0 Å². The summed E-state index contributed by atoms with van der Waals surface area (Å²) >= 11 is 0. The van der Waals surface area contributed by atoms with E-state index >= 15 is 0 Å². The van der Waals surface area contributed by atoms with Gasteiger partial charge >= 0.3 is 6.09 Å². The molecule has 0 saturated carbocycles. The fourth-order valence-corrected chi connectivity index (χ4v) is 1.94. The predicted molar refractivity (Wildman–Crippen MR) is 74.3 cm³/mol. The molecular weight excluding hydrogens is 262 g/mol. The van der Waals surface area contributed by atoms with Crippen LogP contribution in [0.5, 0.6) is 0 Å². The maximum absolute atomic E-state index is 11.9. The van der Waals surface area contributed by atoms with Crippen molar-refractivity contribution in [1.29, 1.82) is 0 Å². The van der Waals surface area contributed by atoms with Crippen molar-refractivity contribution in [2.24, 2.45) is 0 Å². The van der Waals surface area contributed by atoms with E-state index in [-0.39, 0.29) is 19.1 Å². The van der Waals surface area contributed by atoms with Crippen LogP contribution in [0.15, 0.2) is 0 Å². The zero-order chi connectivity index (χ0) is 15.2. The number of piperazine rings is 1. The Hall–Kier alpha value is -1.34. The fraction of sp³-hybridized carbons (Fsp3) is 0.846. The van der Waals surface area contributed by atoms with Gasteiger partial charge in [-0.3, -0.25) is 9.69 Å². The average Bonchev–Trinajstić information content (AvgIpc) is 2.35. The molecule has 20 heavy (non-hydrogen) atoms. The van der Waals surface area contributed by atoms with E-state index in [0.29, 0.717) is 19.6 Å². The van der Waals surface area contributed by atoms with Crippen molar-refractivity contribution in [2.75, 3.05) is 45.9 Å². The molecule has 1 fully saturated rings. The van der Waals surface area contributed by atoms with Gasteiger partial charge in [0.2, 0.25) is 5.91 Å². The van der Waals surface area contributed by atoms with Crippen LogP contribution < -0.4 is 5.32 Å². The van der Waals surface area contributed by atoms with Crippen LogP contribution in [0, 0.1) is 0 Å². The first-order chi connectivity index (χ1) is 9.31. The fourth-order valence-electron chi connectivity index (χ4n) is 1.94. The zero-order valence-electron chi connectivity index (χ0n) is 12.5. The Balaban J connectivity index is 2.25. The summed E-state index contributed by atoms with van der Waals surface area (Å²) in [6, 6.07) is 0. The first-order valence-corrected chi connectivity index (χ1v) is 6.89. The number of aliphatic hydroxyl groups is 1. The molecule has 0 spiro atoms. The van der Waals surface area contributed by atoms with Crippen LogP contribution in [-0.2, 0) is 9.53 Å². The number of amides is 2. The molecule has 0 aromatic rings. The maximum Gasteiger partial charge on any atom is 0.408 e. The lowest BCUT2D eigenvalue weighted by atomic mass is 10.2. The topological polar surface area (TPSA) is 82.1 Å². The summed E-state index contributed by atoms with van der Waals surface area (Å²) in [4.78, 5) is 27.2. The molecule has 1 aliphatic heterocycles. The number of hydrogen-bond donors (Lipinski definition) is 2. The van der Waals surface area contributed by atoms with Gasteiger partial charge in [0.15, 0.2) is 0 Å². The highest BCUT2D eigenvalue weighted by Crippen LogP contribution is 2.06. The molecule has 0 aliphatic carbocycles. The largest absolute Gasteiger partial charge is 0.444 e. The lowest BCUT2D eigenvalue weighted by Crippen LogP contribution is -2.51. The molecule has 116 valence electrons. The quantitative estimate of drug-likeness (QED) is 0.738. The number of nitrogens with zero attached hydrogens (tertiary/aromatic N) is 2. The number of aliphatic hydroxyl groups excluding tert-OH is 1. The molecule has 1 aliphatic rings. The third-order valence-electron chi connectivity index (χ3n) is 2.92. The summed E-state index contributed by atoms with van der Waals surface area (Å²) < 4.78 is 5.07. The van der Waals surface area contributed by atoms with E-state index in [1.807, 2.05) is 0 Å². The van der Waals surface area contributed by atoms with Crippen molar-refractivity contribution >= 4 is 12.0 Å². The van der Waals surface area contributed by atoms with E-state index in [9.17, 15) is 9.59 Å². The minimum absolute atomic E-state index is 0.0467. The molecule has 2 N–H and O–H groups in total. The number of carbonyl (C=O) groups is 2.